The lowest BCUT2D eigenvalue weighted by molar-refractivity contribution is 0.665. The first-order valence-corrected chi connectivity index (χ1v) is 41.5. The van der Waals surface area contributed by atoms with Gasteiger partial charge in [-0.25, -0.2) is 29.9 Å². The summed E-state index contributed by atoms with van der Waals surface area (Å²) in [6.07, 6.45) is 0. The van der Waals surface area contributed by atoms with Crippen LogP contribution < -0.4 is 0 Å². The van der Waals surface area contributed by atoms with E-state index in [0.717, 1.165) is 88.0 Å². The molecule has 2 aliphatic carbocycles. The fourth-order valence-electron chi connectivity index (χ4n) is 19.1. The fourth-order valence-corrected chi connectivity index (χ4v) is 20.2. The second kappa shape index (κ2) is 28.8. The third-order valence-corrected chi connectivity index (χ3v) is 25.6. The van der Waals surface area contributed by atoms with Gasteiger partial charge in [-0.1, -0.05) is 388 Å². The maximum atomic E-state index is 6.74. The summed E-state index contributed by atoms with van der Waals surface area (Å²) in [6, 6.07) is 152. The van der Waals surface area contributed by atoms with E-state index in [1.54, 1.807) is 0 Å². The van der Waals surface area contributed by atoms with E-state index in [1.807, 2.05) is 133 Å². The number of fused-ring (bicyclic) bond motifs is 14. The van der Waals surface area contributed by atoms with Gasteiger partial charge in [0.15, 0.2) is 34.9 Å². The van der Waals surface area contributed by atoms with Crippen molar-refractivity contribution >= 4 is 75.0 Å². The fraction of sp³-hybridized carbons (Fsp3) is 0.0179. The molecular weight excluding hydrogens is 1480 g/mol. The highest BCUT2D eigenvalue weighted by molar-refractivity contribution is 7.25. The van der Waals surface area contributed by atoms with Crippen molar-refractivity contribution in [1.29, 1.82) is 0 Å². The van der Waals surface area contributed by atoms with E-state index in [4.69, 9.17) is 34.3 Å². The van der Waals surface area contributed by atoms with Crippen molar-refractivity contribution in [2.75, 3.05) is 0 Å². The van der Waals surface area contributed by atoms with Gasteiger partial charge in [0.25, 0.3) is 0 Å². The van der Waals surface area contributed by atoms with E-state index in [-0.39, 0.29) is 0 Å². The molecule has 0 N–H and O–H groups in total. The van der Waals surface area contributed by atoms with Gasteiger partial charge >= 0.3 is 0 Å². The topological polar surface area (TPSA) is 90.5 Å². The Morgan fingerprint density at radius 3 is 1.02 bits per heavy atom. The second-order valence-corrected chi connectivity index (χ2v) is 32.1. The van der Waals surface area contributed by atoms with Crippen LogP contribution in [0.3, 0.4) is 0 Å². The average molecular weight is 1550 g/mol. The number of rotatable bonds is 12. The summed E-state index contributed by atoms with van der Waals surface area (Å²) in [6.45, 7) is 0. The van der Waals surface area contributed by atoms with Crippen LogP contribution in [0.5, 0.6) is 0 Å². The minimum Gasteiger partial charge on any atom is -0.456 e. The predicted molar refractivity (Wildman–Crippen MR) is 493 cm³/mol. The maximum absolute atomic E-state index is 6.74. The molecule has 18 aromatic carbocycles. The quantitative estimate of drug-likeness (QED) is 0.120. The molecule has 0 bridgehead atoms. The van der Waals surface area contributed by atoms with Crippen LogP contribution in [-0.2, 0) is 10.8 Å². The standard InChI is InChI=1S/C56H35N3O.C56H35N3S/c1-4-16-36(17-5-1)53-57-54(37-18-6-2-7-19-37)59-55(58-53)47-27-15-25-42-41(24-14-26-43(42)47)38-30-33-51-48(34-38)46-32-31-40(35-52(46)60-51)56(39-20-8-3-9-21-39)49-28-12-10-22-44(49)45-23-11-13-29-50(45)56;1-4-15-36(16-5-1)53-57-54(37-17-6-2-7-18-37)59-55(58-53)48-24-14-19-40-33-38(27-30-43(40)48)39-28-31-46-47-32-29-42(35-52(47)60-51(46)34-39)56(41-20-8-3-9-21-41)49-25-12-10-22-44(49)45-23-11-13-26-50(45)56/h2*1-35H. The van der Waals surface area contributed by atoms with E-state index in [9.17, 15) is 0 Å². The summed E-state index contributed by atoms with van der Waals surface area (Å²) in [5.74, 6) is 3.90. The molecule has 0 amide bonds. The second-order valence-electron chi connectivity index (χ2n) is 31.0. The normalized spacial score (nSPS) is 12.8. The van der Waals surface area contributed by atoms with Gasteiger partial charge in [0.05, 0.1) is 10.8 Å². The summed E-state index contributed by atoms with van der Waals surface area (Å²) in [5.41, 5.74) is 26.6. The summed E-state index contributed by atoms with van der Waals surface area (Å²) < 4.78 is 9.31. The Bertz CT molecular complexity index is 7580. The van der Waals surface area contributed by atoms with Gasteiger partial charge in [-0.15, -0.1) is 11.3 Å². The predicted octanol–water partition coefficient (Wildman–Crippen LogP) is 28.4. The highest BCUT2D eigenvalue weighted by atomic mass is 32.1. The first-order valence-electron chi connectivity index (χ1n) is 40.7. The first-order chi connectivity index (χ1) is 59.5. The maximum Gasteiger partial charge on any atom is 0.164 e. The molecule has 120 heavy (non-hydrogen) atoms. The summed E-state index contributed by atoms with van der Waals surface area (Å²) in [7, 11) is 0. The van der Waals surface area contributed by atoms with E-state index >= 15 is 0 Å². The summed E-state index contributed by atoms with van der Waals surface area (Å²) in [5, 5.41) is 9.18. The molecule has 0 radical (unpaired) electrons. The minimum absolute atomic E-state index is 0.415. The Balaban J connectivity index is 0.000000140. The van der Waals surface area contributed by atoms with Gasteiger partial charge in [0.2, 0.25) is 0 Å². The van der Waals surface area contributed by atoms with E-state index < -0.39 is 10.8 Å². The number of aromatic nitrogens is 6. The van der Waals surface area contributed by atoms with Crippen molar-refractivity contribution in [2.45, 2.75) is 10.8 Å². The lowest BCUT2D eigenvalue weighted by Crippen LogP contribution is -2.28. The zero-order valence-corrected chi connectivity index (χ0v) is 65.7. The number of hydrogen-bond donors (Lipinski definition) is 0. The third-order valence-electron chi connectivity index (χ3n) is 24.5. The minimum atomic E-state index is -0.490. The molecule has 0 aliphatic heterocycles. The molecule has 560 valence electrons. The van der Waals surface area contributed by atoms with Crippen molar-refractivity contribution in [2.24, 2.45) is 0 Å². The van der Waals surface area contributed by atoms with Crippen LogP contribution in [0.25, 0.3) is 176 Å². The van der Waals surface area contributed by atoms with Gasteiger partial charge in [0.1, 0.15) is 11.2 Å². The molecule has 8 heteroatoms. The van der Waals surface area contributed by atoms with Crippen LogP contribution in [0.1, 0.15) is 44.5 Å². The molecule has 0 saturated carbocycles. The van der Waals surface area contributed by atoms with Gasteiger partial charge in [-0.3, -0.25) is 0 Å². The Morgan fingerprint density at radius 2 is 0.533 bits per heavy atom. The Labute approximate surface area is 697 Å². The molecule has 4 heterocycles. The molecule has 4 aromatic heterocycles. The van der Waals surface area contributed by atoms with Gasteiger partial charge in [-0.05, 0) is 147 Å². The van der Waals surface area contributed by atoms with Crippen LogP contribution in [0.2, 0.25) is 0 Å². The van der Waals surface area contributed by atoms with Crippen molar-refractivity contribution < 1.29 is 4.42 Å². The molecule has 2 aliphatic rings. The van der Waals surface area contributed by atoms with Crippen LogP contribution in [0.4, 0.5) is 0 Å². The average Bonchev–Trinajstić information content (AvgIpc) is 1.53. The SMILES string of the molecule is c1ccc(-c2nc(-c3ccccc3)nc(-c3cccc4c(-c5ccc6oc7cc(C8(c9ccccc9)c9ccccc9-c9ccccc98)ccc7c6c5)cccc34)n2)cc1.c1ccc(-c2nc(-c3ccccc3)nc(-c3cccc4cc(-c5ccc6c(c5)sc5cc(C7(c8ccccc8)c8ccccc8-c8ccccc87)ccc56)ccc34)n2)cc1. The van der Waals surface area contributed by atoms with Crippen LogP contribution >= 0.6 is 11.3 Å². The molecule has 0 fully saturated rings. The van der Waals surface area contributed by atoms with E-state index in [2.05, 4.69) is 303 Å². The monoisotopic (exact) mass is 1550 g/mol. The van der Waals surface area contributed by atoms with Crippen LogP contribution in [0, 0.1) is 0 Å². The summed E-state index contributed by atoms with van der Waals surface area (Å²) in [4.78, 5) is 30.1. The highest BCUT2D eigenvalue weighted by Gasteiger charge is 2.48. The zero-order chi connectivity index (χ0) is 79.2. The van der Waals surface area contributed by atoms with Gasteiger partial charge in [-0.2, -0.15) is 0 Å². The lowest BCUT2D eigenvalue weighted by atomic mass is 9.67. The van der Waals surface area contributed by atoms with E-state index in [1.165, 1.54) is 98.1 Å². The number of furan rings is 1. The molecule has 0 saturated heterocycles. The zero-order valence-electron chi connectivity index (χ0n) is 64.9. The molecule has 22 aromatic rings. The first kappa shape index (κ1) is 70.0. The smallest absolute Gasteiger partial charge is 0.164 e. The molecule has 0 atom stereocenters. The molecule has 7 nitrogen and oxygen atoms in total. The summed E-state index contributed by atoms with van der Waals surface area (Å²) >= 11 is 1.88. The van der Waals surface area contributed by atoms with Crippen molar-refractivity contribution in [3.8, 4) is 113 Å². The Morgan fingerprint density at radius 1 is 0.183 bits per heavy atom. The highest BCUT2D eigenvalue weighted by Crippen LogP contribution is 2.59. The van der Waals surface area contributed by atoms with Crippen LogP contribution in [0.15, 0.2) is 429 Å². The number of benzene rings is 18. The molecule has 0 spiro atoms. The molecule has 0 unspecified atom stereocenters. The number of thiophene rings is 1. The van der Waals surface area contributed by atoms with Crippen molar-refractivity contribution in [1.82, 2.24) is 29.9 Å². The Hall–Kier alpha value is -15.5. The number of nitrogens with zero attached hydrogens (tertiary/aromatic N) is 6. The van der Waals surface area contributed by atoms with Crippen molar-refractivity contribution in [3.05, 3.63) is 469 Å². The molecule has 24 rings (SSSR count). The van der Waals surface area contributed by atoms with Crippen LogP contribution in [-0.4, -0.2) is 29.9 Å². The number of hydrogen-bond acceptors (Lipinski definition) is 8. The lowest BCUT2D eigenvalue weighted by Gasteiger charge is -2.33. The van der Waals surface area contributed by atoms with Gasteiger partial charge < -0.3 is 4.42 Å². The van der Waals surface area contributed by atoms with E-state index in [0.29, 0.717) is 34.9 Å². The molecular formula is C112H70N6OS. The Kier molecular flexibility index (Phi) is 16.8. The van der Waals surface area contributed by atoms with Gasteiger partial charge in [0, 0.05) is 64.3 Å². The van der Waals surface area contributed by atoms with Crippen molar-refractivity contribution in [3.63, 3.8) is 0 Å². The largest absolute Gasteiger partial charge is 0.456 e. The third kappa shape index (κ3) is 11.5.